The zero-order chi connectivity index (χ0) is 13.9. The predicted molar refractivity (Wildman–Crippen MR) is 74.5 cm³/mol. The molecule has 5 nitrogen and oxygen atoms in total. The van der Waals surface area contributed by atoms with Crippen LogP contribution in [0.1, 0.15) is 23.5 Å². The first-order valence-corrected chi connectivity index (χ1v) is 6.56. The molecule has 6 heteroatoms. The molecular weight excluding hydrogens is 278 g/mol. The number of allylic oxidation sites excluding steroid dienone is 4. The number of ketones is 1. The summed E-state index contributed by atoms with van der Waals surface area (Å²) in [5.74, 6) is -0.128. The molecule has 0 saturated carbocycles. The van der Waals surface area contributed by atoms with Crippen LogP contribution in [0.3, 0.4) is 0 Å². The van der Waals surface area contributed by atoms with E-state index in [0.29, 0.717) is 40.2 Å². The molecule has 1 aliphatic carbocycles. The molecule has 2 aromatic rings. The summed E-state index contributed by atoms with van der Waals surface area (Å²) in [6.45, 7) is 0. The maximum Gasteiger partial charge on any atom is 0.267 e. The van der Waals surface area contributed by atoms with E-state index >= 15 is 0 Å². The fourth-order valence-electron chi connectivity index (χ4n) is 2.66. The van der Waals surface area contributed by atoms with Crippen molar-refractivity contribution in [2.45, 2.75) is 12.8 Å². The van der Waals surface area contributed by atoms with Crippen molar-refractivity contribution in [3.8, 4) is 0 Å². The van der Waals surface area contributed by atoms with Crippen molar-refractivity contribution in [3.05, 3.63) is 51.2 Å². The van der Waals surface area contributed by atoms with Gasteiger partial charge in [0.1, 0.15) is 0 Å². The topological polar surface area (TPSA) is 64.8 Å². The van der Waals surface area contributed by atoms with Gasteiger partial charge in [-0.15, -0.1) is 0 Å². The Morgan fingerprint density at radius 1 is 1.25 bits per heavy atom. The van der Waals surface area contributed by atoms with E-state index in [1.165, 1.54) is 4.57 Å². The van der Waals surface area contributed by atoms with Crippen molar-refractivity contribution in [1.29, 1.82) is 0 Å². The highest BCUT2D eigenvalue weighted by Crippen LogP contribution is 2.35. The van der Waals surface area contributed by atoms with E-state index in [4.69, 9.17) is 11.6 Å². The van der Waals surface area contributed by atoms with Crippen LogP contribution in [0.25, 0.3) is 16.7 Å². The average molecular weight is 286 g/mol. The van der Waals surface area contributed by atoms with Crippen LogP contribution >= 0.6 is 11.6 Å². The number of carbonyl (C=O) groups is 1. The van der Waals surface area contributed by atoms with Gasteiger partial charge >= 0.3 is 0 Å². The highest BCUT2D eigenvalue weighted by molar-refractivity contribution is 6.31. The van der Waals surface area contributed by atoms with Crippen LogP contribution in [0, 0.1) is 0 Å². The van der Waals surface area contributed by atoms with E-state index < -0.39 is 0 Å². The van der Waals surface area contributed by atoms with Gasteiger partial charge in [0.15, 0.2) is 11.5 Å². The zero-order valence-corrected chi connectivity index (χ0v) is 11.0. The number of nitrogens with zero attached hydrogens (tertiary/aromatic N) is 3. The molecule has 0 amide bonds. The van der Waals surface area contributed by atoms with Gasteiger partial charge in [0, 0.05) is 22.5 Å². The number of carbonyl (C=O) groups excluding carboxylic acids is 1. The molecule has 0 spiro atoms. The number of hydrogen-bond acceptors (Lipinski definition) is 4. The summed E-state index contributed by atoms with van der Waals surface area (Å²) >= 11 is 5.99. The van der Waals surface area contributed by atoms with Crippen LogP contribution in [-0.2, 0) is 0 Å². The predicted octanol–water partition coefficient (Wildman–Crippen LogP) is 2.12. The molecule has 2 aliphatic rings. The maximum absolute atomic E-state index is 12.5. The highest BCUT2D eigenvalue weighted by atomic mass is 35.5. The zero-order valence-electron chi connectivity index (χ0n) is 10.3. The average Bonchev–Trinajstić information content (AvgIpc) is 2.73. The fourth-order valence-corrected chi connectivity index (χ4v) is 2.86. The number of pyridine rings is 1. The Labute approximate surface area is 118 Å². The Bertz CT molecular complexity index is 908. The molecular formula is C14H8ClN3O2. The van der Waals surface area contributed by atoms with E-state index in [1.807, 2.05) is 0 Å². The largest absolute Gasteiger partial charge is 0.285 e. The molecule has 0 aromatic carbocycles. The van der Waals surface area contributed by atoms with Gasteiger partial charge in [0.25, 0.3) is 5.56 Å². The Balaban J connectivity index is 2.12. The summed E-state index contributed by atoms with van der Waals surface area (Å²) in [4.78, 5) is 33.2. The molecule has 0 fully saturated rings. The summed E-state index contributed by atoms with van der Waals surface area (Å²) in [6.07, 6.45) is 4.38. The lowest BCUT2D eigenvalue weighted by Gasteiger charge is -2.12. The lowest BCUT2D eigenvalue weighted by atomic mass is 10.0. The van der Waals surface area contributed by atoms with Crippen LogP contribution in [0.15, 0.2) is 39.8 Å². The number of Topliss-reactive ketones (excluding diaryl/α,β-unsaturated/α-hetero) is 1. The maximum atomic E-state index is 12.5. The second-order valence-corrected chi connectivity index (χ2v) is 5.22. The van der Waals surface area contributed by atoms with Gasteiger partial charge in [0.2, 0.25) is 5.78 Å². The van der Waals surface area contributed by atoms with Crippen LogP contribution in [0.4, 0.5) is 0 Å². The third-order valence-corrected chi connectivity index (χ3v) is 3.87. The van der Waals surface area contributed by atoms with E-state index in [-0.39, 0.29) is 17.2 Å². The minimum Gasteiger partial charge on any atom is -0.285 e. The lowest BCUT2D eigenvalue weighted by molar-refractivity contribution is 0.103. The first-order chi connectivity index (χ1) is 9.66. The van der Waals surface area contributed by atoms with Crippen LogP contribution < -0.4 is 5.56 Å². The van der Waals surface area contributed by atoms with Crippen molar-refractivity contribution >= 4 is 34.1 Å². The van der Waals surface area contributed by atoms with Crippen LogP contribution in [0.5, 0.6) is 0 Å². The second kappa shape index (κ2) is 3.86. The third-order valence-electron chi connectivity index (χ3n) is 3.57. The van der Waals surface area contributed by atoms with Crippen molar-refractivity contribution in [1.82, 2.24) is 14.5 Å². The Hall–Kier alpha value is -2.27. The summed E-state index contributed by atoms with van der Waals surface area (Å²) in [5, 5.41) is 1.04. The summed E-state index contributed by atoms with van der Waals surface area (Å²) in [7, 11) is 0. The summed E-state index contributed by atoms with van der Waals surface area (Å²) < 4.78 is 1.40. The molecule has 20 heavy (non-hydrogen) atoms. The third kappa shape index (κ3) is 1.38. The highest BCUT2D eigenvalue weighted by Gasteiger charge is 2.33. The minimum absolute atomic E-state index is 0.133. The van der Waals surface area contributed by atoms with Gasteiger partial charge in [-0.3, -0.25) is 14.2 Å². The van der Waals surface area contributed by atoms with E-state index in [9.17, 15) is 9.59 Å². The van der Waals surface area contributed by atoms with E-state index in [2.05, 4.69) is 9.97 Å². The molecule has 0 atom stereocenters. The summed E-state index contributed by atoms with van der Waals surface area (Å²) in [6, 6.07) is 3.35. The van der Waals surface area contributed by atoms with Gasteiger partial charge in [-0.25, -0.2) is 9.97 Å². The Kier molecular flexibility index (Phi) is 2.23. The van der Waals surface area contributed by atoms with Gasteiger partial charge < -0.3 is 0 Å². The molecule has 98 valence electrons. The first kappa shape index (κ1) is 11.5. The van der Waals surface area contributed by atoms with Crippen molar-refractivity contribution in [2.75, 3.05) is 0 Å². The summed E-state index contributed by atoms with van der Waals surface area (Å²) in [5.41, 5.74) is 1.22. The fraction of sp³-hybridized carbons (Fsp3) is 0.143. The number of aromatic nitrogens is 3. The Morgan fingerprint density at radius 3 is 2.95 bits per heavy atom. The van der Waals surface area contributed by atoms with Gasteiger partial charge in [-0.2, -0.15) is 0 Å². The van der Waals surface area contributed by atoms with Crippen molar-refractivity contribution < 1.29 is 4.79 Å². The number of fused-ring (bicyclic) bond motifs is 3. The smallest absolute Gasteiger partial charge is 0.267 e. The number of hydrogen-bond donors (Lipinski definition) is 0. The van der Waals surface area contributed by atoms with Crippen LogP contribution in [-0.4, -0.2) is 20.3 Å². The molecule has 0 saturated heterocycles. The molecule has 1 aliphatic heterocycles. The quantitative estimate of drug-likeness (QED) is 0.744. The molecule has 0 bridgehead atoms. The second-order valence-electron chi connectivity index (χ2n) is 4.73. The Morgan fingerprint density at radius 2 is 2.10 bits per heavy atom. The molecule has 3 heterocycles. The molecule has 0 unspecified atom stereocenters. The van der Waals surface area contributed by atoms with Gasteiger partial charge in [0.05, 0.1) is 5.39 Å². The standard InChI is InChI=1S/C14H8ClN3O2/c15-7-3-4-10-9(6-7)11(19)13-17-12-8(2-1-5-16-12)14(20)18(10)13/h1-2,5-6H,3-4H2. The molecule has 0 N–H and O–H groups in total. The molecule has 4 rings (SSSR count). The molecule has 2 aromatic heterocycles. The van der Waals surface area contributed by atoms with Gasteiger partial charge in [-0.1, -0.05) is 11.6 Å². The van der Waals surface area contributed by atoms with E-state index in [0.717, 1.165) is 0 Å². The number of halogens is 1. The first-order valence-electron chi connectivity index (χ1n) is 6.19. The normalized spacial score (nSPS) is 17.2. The monoisotopic (exact) mass is 285 g/mol. The minimum atomic E-state index is -0.262. The van der Waals surface area contributed by atoms with Gasteiger partial charge in [-0.05, 0) is 31.1 Å². The number of rotatable bonds is 0. The lowest BCUT2D eigenvalue weighted by Crippen LogP contribution is -2.23. The van der Waals surface area contributed by atoms with Crippen molar-refractivity contribution in [3.63, 3.8) is 0 Å². The van der Waals surface area contributed by atoms with E-state index in [1.54, 1.807) is 24.4 Å². The SMILES string of the molecule is O=C1C2=C(CCC(Cl)=C2)n2c1nc1ncccc1c2=O. The van der Waals surface area contributed by atoms with Crippen molar-refractivity contribution in [2.24, 2.45) is 0 Å². The molecule has 0 radical (unpaired) electrons. The van der Waals surface area contributed by atoms with Crippen LogP contribution in [0.2, 0.25) is 0 Å².